The molecule has 0 atom stereocenters. The quantitative estimate of drug-likeness (QED) is 0.778. The van der Waals surface area contributed by atoms with Gasteiger partial charge in [0.15, 0.2) is 0 Å². The number of aliphatic hydroxyl groups is 1. The van der Waals surface area contributed by atoms with Gasteiger partial charge in [0.05, 0.1) is 0 Å². The van der Waals surface area contributed by atoms with Crippen molar-refractivity contribution < 1.29 is 44.6 Å². The summed E-state index contributed by atoms with van der Waals surface area (Å²) in [6.07, 6.45) is -13.8. The van der Waals surface area contributed by atoms with E-state index in [2.05, 4.69) is 0 Å². The largest absolute Gasteiger partial charge is 0.394 e. The third-order valence-corrected chi connectivity index (χ3v) is 0.916. The second kappa shape index (κ2) is 6.81. The highest BCUT2D eigenvalue weighted by molar-refractivity contribution is 4.65. The Labute approximate surface area is 83.9 Å². The fourth-order valence-electron chi connectivity index (χ4n) is 0.244. The van der Waals surface area contributed by atoms with Gasteiger partial charge in [-0.2, -0.15) is 22.0 Å². The van der Waals surface area contributed by atoms with Crippen molar-refractivity contribution in [3.63, 3.8) is 0 Å². The van der Waals surface area contributed by atoms with Crippen molar-refractivity contribution in [2.24, 2.45) is 0 Å². The van der Waals surface area contributed by atoms with Crippen molar-refractivity contribution in [1.29, 1.82) is 0 Å². The van der Waals surface area contributed by atoms with Crippen molar-refractivity contribution in [2.45, 2.75) is 31.4 Å². The van der Waals surface area contributed by atoms with Crippen molar-refractivity contribution in [3.8, 4) is 0 Å². The predicted octanol–water partition coefficient (Wildman–Crippen LogP) is 3.08. The molecule has 1 nitrogen and oxygen atoms in total. The molecule has 0 amide bonds. The van der Waals surface area contributed by atoms with Crippen LogP contribution in [-0.4, -0.2) is 36.7 Å². The monoisotopic (exact) mass is 266 g/mol. The van der Waals surface area contributed by atoms with E-state index in [0.29, 0.717) is 0 Å². The lowest BCUT2D eigenvalue weighted by molar-refractivity contribution is -0.158. The lowest BCUT2D eigenvalue weighted by Crippen LogP contribution is -2.30. The summed E-state index contributed by atoms with van der Waals surface area (Å²) in [5.74, 6) is -4.24. The Morgan fingerprint density at radius 1 is 0.875 bits per heavy atom. The molecule has 10 heteroatoms. The molecular weight excluding hydrogens is 259 g/mol. The van der Waals surface area contributed by atoms with Crippen molar-refractivity contribution in [3.05, 3.63) is 0 Å². The Balaban J connectivity index is 0. The standard InChI is InChI=1S/C3H3F5.C3H4F4O/c4-2(5)1-3(6,7)8;4-2(5)3(6,7)1-8/h2H,1H2;2,8H,1H2. The Morgan fingerprint density at radius 3 is 1.25 bits per heavy atom. The second-order valence-electron chi connectivity index (χ2n) is 2.43. The molecule has 0 aromatic heterocycles. The Kier molecular flexibility index (Phi) is 7.55. The lowest BCUT2D eigenvalue weighted by Gasteiger charge is -2.09. The van der Waals surface area contributed by atoms with Crippen molar-refractivity contribution in [1.82, 2.24) is 0 Å². The van der Waals surface area contributed by atoms with Crippen LogP contribution in [0.5, 0.6) is 0 Å². The maximum absolute atomic E-state index is 11.3. The number of rotatable bonds is 3. The summed E-state index contributed by atoms with van der Waals surface area (Å²) in [6.45, 7) is -1.80. The van der Waals surface area contributed by atoms with Gasteiger partial charge in [0, 0.05) is 0 Å². The summed E-state index contributed by atoms with van der Waals surface area (Å²) < 4.78 is 98.5. The molecule has 0 unspecified atom stereocenters. The van der Waals surface area contributed by atoms with Crippen LogP contribution < -0.4 is 0 Å². The van der Waals surface area contributed by atoms with Crippen LogP contribution >= 0.6 is 0 Å². The minimum absolute atomic E-state index is 1.80. The summed E-state index contributed by atoms with van der Waals surface area (Å²) in [7, 11) is 0. The van der Waals surface area contributed by atoms with Gasteiger partial charge in [0.2, 0.25) is 6.43 Å². The number of hydrogen-bond donors (Lipinski definition) is 1. The van der Waals surface area contributed by atoms with Crippen LogP contribution in [0.2, 0.25) is 0 Å². The van der Waals surface area contributed by atoms with Crippen LogP contribution in [0, 0.1) is 0 Å². The third-order valence-electron chi connectivity index (χ3n) is 0.916. The molecule has 0 rings (SSSR count). The summed E-state index contributed by atoms with van der Waals surface area (Å²) in [5, 5.41) is 7.53. The molecule has 0 radical (unpaired) electrons. The van der Waals surface area contributed by atoms with Gasteiger partial charge >= 0.3 is 18.5 Å². The van der Waals surface area contributed by atoms with Crippen LogP contribution in [0.3, 0.4) is 0 Å². The Bertz CT molecular complexity index is 175. The first-order chi connectivity index (χ1) is 6.92. The molecule has 0 aliphatic rings. The van der Waals surface area contributed by atoms with Gasteiger partial charge in [-0.3, -0.25) is 0 Å². The number of hydrogen-bond acceptors (Lipinski definition) is 1. The summed E-state index contributed by atoms with van der Waals surface area (Å²) in [5.41, 5.74) is 0. The molecule has 0 saturated heterocycles. The highest BCUT2D eigenvalue weighted by atomic mass is 19.4. The zero-order valence-electron chi connectivity index (χ0n) is 7.42. The molecule has 0 saturated carbocycles. The maximum Gasteiger partial charge on any atom is 0.394 e. The Hall–Kier alpha value is -0.670. The number of halogens is 9. The molecule has 0 heterocycles. The Morgan fingerprint density at radius 2 is 1.25 bits per heavy atom. The molecular formula is C6H7F9O. The van der Waals surface area contributed by atoms with Gasteiger partial charge in [-0.05, 0) is 0 Å². The molecule has 0 aliphatic heterocycles. The fraction of sp³-hybridized carbons (Fsp3) is 1.00. The normalized spacial score (nSPS) is 12.8. The predicted molar refractivity (Wildman–Crippen MR) is 34.7 cm³/mol. The van der Waals surface area contributed by atoms with E-state index in [1.54, 1.807) is 0 Å². The van der Waals surface area contributed by atoms with Gasteiger partial charge in [-0.15, -0.1) is 0 Å². The van der Waals surface area contributed by atoms with Crippen LogP contribution in [0.25, 0.3) is 0 Å². The van der Waals surface area contributed by atoms with Gasteiger partial charge in [0.1, 0.15) is 13.0 Å². The van der Waals surface area contributed by atoms with Gasteiger partial charge in [-0.25, -0.2) is 17.6 Å². The van der Waals surface area contributed by atoms with Gasteiger partial charge in [-0.1, -0.05) is 0 Å². The zero-order valence-corrected chi connectivity index (χ0v) is 7.42. The molecule has 1 N–H and O–H groups in total. The smallest absolute Gasteiger partial charge is 0.390 e. The first kappa shape index (κ1) is 17.7. The third kappa shape index (κ3) is 11.4. The summed E-state index contributed by atoms with van der Waals surface area (Å²) >= 11 is 0. The first-order valence-corrected chi connectivity index (χ1v) is 3.54. The molecule has 0 aromatic rings. The van der Waals surface area contributed by atoms with E-state index < -0.39 is 38.0 Å². The first-order valence-electron chi connectivity index (χ1n) is 3.54. The van der Waals surface area contributed by atoms with E-state index in [0.717, 1.165) is 0 Å². The molecule has 0 aromatic carbocycles. The second-order valence-corrected chi connectivity index (χ2v) is 2.43. The van der Waals surface area contributed by atoms with Crippen LogP contribution in [-0.2, 0) is 0 Å². The van der Waals surface area contributed by atoms with Crippen LogP contribution in [0.1, 0.15) is 6.42 Å². The molecule has 0 aliphatic carbocycles. The van der Waals surface area contributed by atoms with Gasteiger partial charge < -0.3 is 5.11 Å². The SMILES string of the molecule is FC(F)CC(F)(F)F.OCC(F)(F)C(F)F. The highest BCUT2D eigenvalue weighted by Crippen LogP contribution is 2.23. The maximum atomic E-state index is 11.3. The summed E-state index contributed by atoms with van der Waals surface area (Å²) in [4.78, 5) is 0. The van der Waals surface area contributed by atoms with Crippen molar-refractivity contribution in [2.75, 3.05) is 6.61 Å². The minimum Gasteiger partial charge on any atom is -0.390 e. The number of aliphatic hydroxyl groups excluding tert-OH is 1. The van der Waals surface area contributed by atoms with E-state index in [4.69, 9.17) is 5.11 Å². The van der Waals surface area contributed by atoms with E-state index >= 15 is 0 Å². The molecule has 0 spiro atoms. The molecule has 100 valence electrons. The minimum atomic E-state index is -4.73. The zero-order chi connectivity index (χ0) is 13.6. The van der Waals surface area contributed by atoms with E-state index in [-0.39, 0.29) is 0 Å². The molecule has 0 fully saturated rings. The van der Waals surface area contributed by atoms with Crippen LogP contribution in [0.15, 0.2) is 0 Å². The number of alkyl halides is 9. The molecule has 0 bridgehead atoms. The van der Waals surface area contributed by atoms with Crippen molar-refractivity contribution >= 4 is 0 Å². The van der Waals surface area contributed by atoms with Crippen LogP contribution in [0.4, 0.5) is 39.5 Å². The summed E-state index contributed by atoms with van der Waals surface area (Å²) in [6, 6.07) is 0. The highest BCUT2D eigenvalue weighted by Gasteiger charge is 2.39. The van der Waals surface area contributed by atoms with E-state index in [1.165, 1.54) is 0 Å². The topological polar surface area (TPSA) is 20.2 Å². The fourth-order valence-corrected chi connectivity index (χ4v) is 0.244. The molecule has 16 heavy (non-hydrogen) atoms. The average molecular weight is 266 g/mol. The van der Waals surface area contributed by atoms with E-state index in [9.17, 15) is 39.5 Å². The van der Waals surface area contributed by atoms with E-state index in [1.807, 2.05) is 0 Å². The van der Waals surface area contributed by atoms with Gasteiger partial charge in [0.25, 0.3) is 0 Å². The lowest BCUT2D eigenvalue weighted by atomic mass is 10.4. The average Bonchev–Trinajstić information content (AvgIpc) is 2.00.